The zero-order valence-electron chi connectivity index (χ0n) is 22.8. The summed E-state index contributed by atoms with van der Waals surface area (Å²) in [5, 5.41) is 3.53. The molecule has 0 amide bonds. The third-order valence-electron chi connectivity index (χ3n) is 7.82. The van der Waals surface area contributed by atoms with Gasteiger partial charge in [-0.25, -0.2) is 4.98 Å². The molecule has 2 N–H and O–H groups in total. The molecule has 3 aromatic carbocycles. The van der Waals surface area contributed by atoms with Crippen LogP contribution in [-0.2, 0) is 5.54 Å². The Labute approximate surface area is 252 Å². The van der Waals surface area contributed by atoms with Crippen LogP contribution in [0.4, 0.5) is 0 Å². The normalized spacial score (nSPS) is 14.9. The van der Waals surface area contributed by atoms with Gasteiger partial charge < -0.3 is 10.3 Å². The highest BCUT2D eigenvalue weighted by molar-refractivity contribution is 5.86. The van der Waals surface area contributed by atoms with Gasteiger partial charge in [0.25, 0.3) is 0 Å². The monoisotopic (exact) mass is 586 g/mol. The Morgan fingerprint density at radius 2 is 1.31 bits per heavy atom. The predicted octanol–water partition coefficient (Wildman–Crippen LogP) is 7.77. The molecule has 39 heavy (non-hydrogen) atoms. The molecule has 1 unspecified atom stereocenters. The zero-order valence-corrected chi connectivity index (χ0v) is 25.3. The molecule has 1 aliphatic rings. The minimum atomic E-state index is -0.117. The fourth-order valence-electron chi connectivity index (χ4n) is 5.85. The van der Waals surface area contributed by atoms with Crippen molar-refractivity contribution in [3.63, 3.8) is 0 Å². The van der Waals surface area contributed by atoms with Gasteiger partial charge in [-0.2, -0.15) is 0 Å². The van der Waals surface area contributed by atoms with E-state index < -0.39 is 0 Å². The van der Waals surface area contributed by atoms with Crippen LogP contribution >= 0.6 is 37.2 Å². The lowest BCUT2D eigenvalue weighted by Crippen LogP contribution is -2.53. The number of piperazine rings is 1. The number of rotatable bonds is 9. The van der Waals surface area contributed by atoms with E-state index in [-0.39, 0.29) is 42.8 Å². The molecule has 7 heteroatoms. The zero-order chi connectivity index (χ0) is 24.8. The van der Waals surface area contributed by atoms with E-state index in [9.17, 15) is 0 Å². The molecule has 0 bridgehead atoms. The summed E-state index contributed by atoms with van der Waals surface area (Å²) in [6.07, 6.45) is 3.32. The van der Waals surface area contributed by atoms with E-state index >= 15 is 0 Å². The van der Waals surface area contributed by atoms with Crippen LogP contribution in [0, 0.1) is 6.92 Å². The van der Waals surface area contributed by atoms with Gasteiger partial charge in [0.05, 0.1) is 11.2 Å². The minimum Gasteiger partial charge on any atom is -0.342 e. The van der Waals surface area contributed by atoms with Crippen molar-refractivity contribution in [2.75, 3.05) is 26.2 Å². The highest BCUT2D eigenvalue weighted by atomic mass is 35.5. The van der Waals surface area contributed by atoms with Crippen molar-refractivity contribution in [1.82, 2.24) is 20.2 Å². The molecular weight excluding hydrogens is 547 g/mol. The summed E-state index contributed by atoms with van der Waals surface area (Å²) < 4.78 is 0. The first-order chi connectivity index (χ1) is 17.6. The van der Waals surface area contributed by atoms with Crippen LogP contribution in [0.5, 0.6) is 0 Å². The Bertz CT molecular complexity index is 1190. The molecule has 1 fully saturated rings. The largest absolute Gasteiger partial charge is 0.342 e. The standard InChI is InChI=1S/C32H38N4.3ClH/c1-25-30(35-31(34-25)28-17-10-5-11-18-28)32(2,36-23-21-33-22-24-36)20-12-19-29(26-13-6-3-7-14-26)27-15-8-4-9-16-27;;;/h3-11,13-18,29,33H,12,19-24H2,1-2H3,(H,34,35);3*1H. The number of imidazole rings is 1. The molecule has 1 saturated heterocycles. The van der Waals surface area contributed by atoms with E-state index in [1.165, 1.54) is 22.5 Å². The van der Waals surface area contributed by atoms with Gasteiger partial charge in [0.15, 0.2) is 0 Å². The average molecular weight is 588 g/mol. The Hall–Kier alpha value is -2.34. The molecule has 210 valence electrons. The molecular formula is C32H41Cl3N4. The Morgan fingerprint density at radius 3 is 1.85 bits per heavy atom. The molecule has 2 heterocycles. The van der Waals surface area contributed by atoms with Gasteiger partial charge in [-0.3, -0.25) is 4.90 Å². The number of halogens is 3. The number of hydrogen-bond acceptors (Lipinski definition) is 3. The molecule has 4 nitrogen and oxygen atoms in total. The molecule has 0 saturated carbocycles. The molecule has 0 spiro atoms. The number of aryl methyl sites for hydroxylation is 1. The number of H-pyrrole nitrogens is 1. The number of benzene rings is 3. The highest BCUT2D eigenvalue weighted by Crippen LogP contribution is 2.38. The van der Waals surface area contributed by atoms with Crippen LogP contribution in [0.1, 0.15) is 54.6 Å². The van der Waals surface area contributed by atoms with E-state index in [4.69, 9.17) is 4.98 Å². The van der Waals surface area contributed by atoms with Gasteiger partial charge in [-0.1, -0.05) is 97.4 Å². The van der Waals surface area contributed by atoms with Crippen molar-refractivity contribution >= 4 is 37.2 Å². The third kappa shape index (κ3) is 7.65. The van der Waals surface area contributed by atoms with Crippen molar-refractivity contribution in [2.24, 2.45) is 0 Å². The Balaban J connectivity index is 0.00000178. The summed E-state index contributed by atoms with van der Waals surface area (Å²) in [4.78, 5) is 11.5. The van der Waals surface area contributed by atoms with Crippen molar-refractivity contribution in [3.05, 3.63) is 114 Å². The van der Waals surface area contributed by atoms with Crippen LogP contribution in [-0.4, -0.2) is 41.0 Å². The maximum absolute atomic E-state index is 5.22. The maximum atomic E-state index is 5.22. The number of aromatic amines is 1. The summed E-state index contributed by atoms with van der Waals surface area (Å²) in [5.74, 6) is 1.37. The lowest BCUT2D eigenvalue weighted by molar-refractivity contribution is 0.0715. The van der Waals surface area contributed by atoms with Crippen molar-refractivity contribution in [1.29, 1.82) is 0 Å². The van der Waals surface area contributed by atoms with Crippen LogP contribution in [0.2, 0.25) is 0 Å². The van der Waals surface area contributed by atoms with Gasteiger partial charge in [0, 0.05) is 43.4 Å². The Kier molecular flexibility index (Phi) is 13.0. The van der Waals surface area contributed by atoms with Crippen LogP contribution in [0.25, 0.3) is 11.4 Å². The average Bonchev–Trinajstić information content (AvgIpc) is 3.35. The van der Waals surface area contributed by atoms with Crippen LogP contribution in [0.15, 0.2) is 91.0 Å². The summed E-state index contributed by atoms with van der Waals surface area (Å²) in [6.45, 7) is 8.75. The van der Waals surface area contributed by atoms with E-state index in [2.05, 4.69) is 120 Å². The SMILES string of the molecule is Cc1[nH]c(-c2ccccc2)nc1C(C)(CCCC(c1ccccc1)c1ccccc1)N1CCNCC1.Cl.Cl.Cl. The second-order valence-corrected chi connectivity index (χ2v) is 10.2. The molecule has 1 aliphatic heterocycles. The van der Waals surface area contributed by atoms with E-state index in [1.807, 2.05) is 0 Å². The highest BCUT2D eigenvalue weighted by Gasteiger charge is 2.38. The molecule has 1 aromatic heterocycles. The van der Waals surface area contributed by atoms with E-state index in [0.29, 0.717) is 5.92 Å². The summed E-state index contributed by atoms with van der Waals surface area (Å²) in [5.41, 5.74) is 6.19. The molecule has 0 aliphatic carbocycles. The lowest BCUT2D eigenvalue weighted by atomic mass is 9.82. The number of hydrogen-bond donors (Lipinski definition) is 2. The summed E-state index contributed by atoms with van der Waals surface area (Å²) >= 11 is 0. The first kappa shape index (κ1) is 32.9. The third-order valence-corrected chi connectivity index (χ3v) is 7.82. The smallest absolute Gasteiger partial charge is 0.137 e. The van der Waals surface area contributed by atoms with Crippen LogP contribution < -0.4 is 5.32 Å². The first-order valence-corrected chi connectivity index (χ1v) is 13.3. The predicted molar refractivity (Wildman–Crippen MR) is 171 cm³/mol. The van der Waals surface area contributed by atoms with Gasteiger partial charge in [0.1, 0.15) is 5.82 Å². The van der Waals surface area contributed by atoms with Crippen molar-refractivity contribution < 1.29 is 0 Å². The molecule has 5 rings (SSSR count). The number of aromatic nitrogens is 2. The topological polar surface area (TPSA) is 44.0 Å². The minimum absolute atomic E-state index is 0. The quantitative estimate of drug-likeness (QED) is 0.210. The van der Waals surface area contributed by atoms with Gasteiger partial charge in [-0.05, 0) is 37.8 Å². The van der Waals surface area contributed by atoms with Gasteiger partial charge in [0.2, 0.25) is 0 Å². The Morgan fingerprint density at radius 1 is 0.795 bits per heavy atom. The van der Waals surface area contributed by atoms with Gasteiger partial charge >= 0.3 is 0 Å². The second-order valence-electron chi connectivity index (χ2n) is 10.2. The summed E-state index contributed by atoms with van der Waals surface area (Å²) in [6, 6.07) is 32.4. The van der Waals surface area contributed by atoms with E-state index in [0.717, 1.165) is 56.8 Å². The lowest BCUT2D eigenvalue weighted by Gasteiger charge is -2.43. The first-order valence-electron chi connectivity index (χ1n) is 13.3. The van der Waals surface area contributed by atoms with Crippen molar-refractivity contribution in [3.8, 4) is 11.4 Å². The van der Waals surface area contributed by atoms with E-state index in [1.54, 1.807) is 0 Å². The summed E-state index contributed by atoms with van der Waals surface area (Å²) in [7, 11) is 0. The molecule has 4 aromatic rings. The molecule has 1 atom stereocenters. The van der Waals surface area contributed by atoms with Crippen LogP contribution in [0.3, 0.4) is 0 Å². The second kappa shape index (κ2) is 15.4. The number of nitrogens with zero attached hydrogens (tertiary/aromatic N) is 2. The van der Waals surface area contributed by atoms with Gasteiger partial charge in [-0.15, -0.1) is 37.2 Å². The number of nitrogens with one attached hydrogen (secondary N) is 2. The maximum Gasteiger partial charge on any atom is 0.137 e. The fraction of sp³-hybridized carbons (Fsp3) is 0.344. The fourth-order valence-corrected chi connectivity index (χ4v) is 5.85. The molecule has 0 radical (unpaired) electrons. The van der Waals surface area contributed by atoms with Crippen molar-refractivity contribution in [2.45, 2.75) is 44.6 Å².